The smallest absolute Gasteiger partial charge is 0.234 e. The lowest BCUT2D eigenvalue weighted by molar-refractivity contribution is -0.121. The standard InChI is InChI=1S/C11H19N3O2/c1-8(2)9(3)14-11(15)7-12-6-10-4-5-13-16-10/h4-5,8-9,12H,6-7H2,1-3H3,(H,14,15). The van der Waals surface area contributed by atoms with Crippen LogP contribution in [0.4, 0.5) is 0 Å². The number of carbonyl (C=O) groups excluding carboxylic acids is 1. The Bertz CT molecular complexity index is 309. The molecule has 0 saturated carbocycles. The average Bonchev–Trinajstić information content (AvgIpc) is 2.70. The van der Waals surface area contributed by atoms with E-state index < -0.39 is 0 Å². The van der Waals surface area contributed by atoms with Gasteiger partial charge in [0, 0.05) is 12.1 Å². The van der Waals surface area contributed by atoms with Crippen molar-refractivity contribution < 1.29 is 9.32 Å². The van der Waals surface area contributed by atoms with Gasteiger partial charge in [-0.2, -0.15) is 0 Å². The summed E-state index contributed by atoms with van der Waals surface area (Å²) >= 11 is 0. The van der Waals surface area contributed by atoms with E-state index in [1.165, 1.54) is 0 Å². The van der Waals surface area contributed by atoms with Crippen LogP contribution >= 0.6 is 0 Å². The van der Waals surface area contributed by atoms with E-state index in [4.69, 9.17) is 4.52 Å². The Morgan fingerprint density at radius 1 is 1.50 bits per heavy atom. The van der Waals surface area contributed by atoms with E-state index in [1.54, 1.807) is 12.3 Å². The highest BCUT2D eigenvalue weighted by Gasteiger charge is 2.10. The lowest BCUT2D eigenvalue weighted by Gasteiger charge is -2.17. The third-order valence-corrected chi connectivity index (χ3v) is 2.46. The molecule has 0 aliphatic rings. The van der Waals surface area contributed by atoms with Crippen LogP contribution in [-0.4, -0.2) is 23.7 Å². The molecule has 0 aliphatic heterocycles. The summed E-state index contributed by atoms with van der Waals surface area (Å²) < 4.78 is 4.89. The number of nitrogens with zero attached hydrogens (tertiary/aromatic N) is 1. The van der Waals surface area contributed by atoms with Crippen molar-refractivity contribution in [3.63, 3.8) is 0 Å². The predicted octanol–water partition coefficient (Wildman–Crippen LogP) is 0.925. The molecule has 2 N–H and O–H groups in total. The third kappa shape index (κ3) is 4.44. The zero-order valence-electron chi connectivity index (χ0n) is 9.99. The van der Waals surface area contributed by atoms with Crippen molar-refractivity contribution >= 4 is 5.91 Å². The molecule has 1 heterocycles. The first kappa shape index (κ1) is 12.7. The topological polar surface area (TPSA) is 67.2 Å². The van der Waals surface area contributed by atoms with Crippen LogP contribution in [0.2, 0.25) is 0 Å². The van der Waals surface area contributed by atoms with Gasteiger partial charge < -0.3 is 15.2 Å². The van der Waals surface area contributed by atoms with Crippen LogP contribution in [0.15, 0.2) is 16.8 Å². The fraction of sp³-hybridized carbons (Fsp3) is 0.636. The van der Waals surface area contributed by atoms with Crippen LogP contribution in [0.5, 0.6) is 0 Å². The highest BCUT2D eigenvalue weighted by molar-refractivity contribution is 5.78. The van der Waals surface area contributed by atoms with Gasteiger partial charge >= 0.3 is 0 Å². The predicted molar refractivity (Wildman–Crippen MR) is 60.7 cm³/mol. The van der Waals surface area contributed by atoms with Gasteiger partial charge in [-0.15, -0.1) is 0 Å². The number of hydrogen-bond donors (Lipinski definition) is 2. The van der Waals surface area contributed by atoms with Crippen LogP contribution in [0.1, 0.15) is 26.5 Å². The number of carbonyl (C=O) groups is 1. The minimum atomic E-state index is 0.000662. The largest absolute Gasteiger partial charge is 0.360 e. The molecule has 0 radical (unpaired) electrons. The second kappa shape index (κ2) is 6.27. The summed E-state index contributed by atoms with van der Waals surface area (Å²) in [6, 6.07) is 1.96. The minimum Gasteiger partial charge on any atom is -0.360 e. The molecule has 0 bridgehead atoms. The quantitative estimate of drug-likeness (QED) is 0.755. The molecule has 1 aromatic rings. The van der Waals surface area contributed by atoms with E-state index in [0.29, 0.717) is 12.5 Å². The van der Waals surface area contributed by atoms with Crippen LogP contribution in [0.25, 0.3) is 0 Å². The maximum atomic E-state index is 11.5. The van der Waals surface area contributed by atoms with Crippen LogP contribution in [0, 0.1) is 5.92 Å². The van der Waals surface area contributed by atoms with E-state index in [1.807, 2.05) is 6.92 Å². The molecule has 5 nitrogen and oxygen atoms in total. The molecular weight excluding hydrogens is 206 g/mol. The molecule has 0 aromatic carbocycles. The molecule has 0 aliphatic carbocycles. The van der Waals surface area contributed by atoms with E-state index in [2.05, 4.69) is 29.6 Å². The molecule has 90 valence electrons. The van der Waals surface area contributed by atoms with Crippen molar-refractivity contribution in [2.75, 3.05) is 6.54 Å². The summed E-state index contributed by atoms with van der Waals surface area (Å²) in [5, 5.41) is 9.47. The average molecular weight is 225 g/mol. The molecule has 0 saturated heterocycles. The second-order valence-electron chi connectivity index (χ2n) is 4.18. The number of hydrogen-bond acceptors (Lipinski definition) is 4. The summed E-state index contributed by atoms with van der Waals surface area (Å²) in [6.07, 6.45) is 1.58. The number of nitrogens with one attached hydrogen (secondary N) is 2. The van der Waals surface area contributed by atoms with Crippen molar-refractivity contribution in [2.45, 2.75) is 33.4 Å². The number of aromatic nitrogens is 1. The van der Waals surface area contributed by atoms with Gasteiger partial charge in [-0.25, -0.2) is 0 Å². The zero-order valence-corrected chi connectivity index (χ0v) is 9.99. The minimum absolute atomic E-state index is 0.000662. The summed E-state index contributed by atoms with van der Waals surface area (Å²) in [5.41, 5.74) is 0. The Labute approximate surface area is 95.6 Å². The molecule has 1 amide bonds. The lowest BCUT2D eigenvalue weighted by atomic mass is 10.1. The monoisotopic (exact) mass is 225 g/mol. The molecule has 0 spiro atoms. The Kier molecular flexibility index (Phi) is 4.98. The SMILES string of the molecule is CC(C)C(C)NC(=O)CNCc1ccno1. The molecule has 16 heavy (non-hydrogen) atoms. The fourth-order valence-electron chi connectivity index (χ4n) is 1.10. The van der Waals surface area contributed by atoms with Gasteiger partial charge in [0.05, 0.1) is 19.3 Å². The van der Waals surface area contributed by atoms with Gasteiger partial charge in [0.15, 0.2) is 0 Å². The Morgan fingerprint density at radius 2 is 2.25 bits per heavy atom. The van der Waals surface area contributed by atoms with Crippen LogP contribution < -0.4 is 10.6 Å². The molecule has 5 heteroatoms. The summed E-state index contributed by atoms with van der Waals surface area (Å²) in [7, 11) is 0. The maximum Gasteiger partial charge on any atom is 0.234 e. The van der Waals surface area contributed by atoms with Crippen molar-refractivity contribution in [3.8, 4) is 0 Å². The first-order chi connectivity index (χ1) is 7.59. The number of rotatable bonds is 6. The highest BCUT2D eigenvalue weighted by Crippen LogP contribution is 1.99. The Hall–Kier alpha value is -1.36. The van der Waals surface area contributed by atoms with Gasteiger partial charge in [-0.05, 0) is 12.8 Å². The molecule has 1 unspecified atom stereocenters. The van der Waals surface area contributed by atoms with Crippen molar-refractivity contribution in [3.05, 3.63) is 18.0 Å². The summed E-state index contributed by atoms with van der Waals surface area (Å²) in [5.74, 6) is 1.17. The number of amides is 1. The lowest BCUT2D eigenvalue weighted by Crippen LogP contribution is -2.41. The van der Waals surface area contributed by atoms with Gasteiger partial charge in [0.1, 0.15) is 5.76 Å². The highest BCUT2D eigenvalue weighted by atomic mass is 16.5. The van der Waals surface area contributed by atoms with Crippen molar-refractivity contribution in [2.24, 2.45) is 5.92 Å². The van der Waals surface area contributed by atoms with E-state index in [-0.39, 0.29) is 18.5 Å². The van der Waals surface area contributed by atoms with Crippen LogP contribution in [0.3, 0.4) is 0 Å². The Morgan fingerprint density at radius 3 is 2.81 bits per heavy atom. The van der Waals surface area contributed by atoms with Gasteiger partial charge in [0.2, 0.25) is 5.91 Å². The Balaban J connectivity index is 2.15. The normalized spacial score (nSPS) is 12.8. The summed E-state index contributed by atoms with van der Waals surface area (Å²) in [4.78, 5) is 11.5. The zero-order chi connectivity index (χ0) is 12.0. The van der Waals surface area contributed by atoms with Gasteiger partial charge in [0.25, 0.3) is 0 Å². The molecular formula is C11H19N3O2. The van der Waals surface area contributed by atoms with Crippen LogP contribution in [-0.2, 0) is 11.3 Å². The molecule has 1 atom stereocenters. The van der Waals surface area contributed by atoms with Gasteiger partial charge in [-0.1, -0.05) is 19.0 Å². The first-order valence-corrected chi connectivity index (χ1v) is 5.49. The molecule has 1 rings (SSSR count). The molecule has 1 aromatic heterocycles. The van der Waals surface area contributed by atoms with Crippen molar-refractivity contribution in [1.29, 1.82) is 0 Å². The first-order valence-electron chi connectivity index (χ1n) is 5.49. The fourth-order valence-corrected chi connectivity index (χ4v) is 1.10. The summed E-state index contributed by atoms with van der Waals surface area (Å²) in [6.45, 7) is 6.96. The second-order valence-corrected chi connectivity index (χ2v) is 4.18. The third-order valence-electron chi connectivity index (χ3n) is 2.46. The van der Waals surface area contributed by atoms with E-state index in [9.17, 15) is 4.79 Å². The molecule has 0 fully saturated rings. The van der Waals surface area contributed by atoms with E-state index in [0.717, 1.165) is 5.76 Å². The maximum absolute atomic E-state index is 11.5. The van der Waals surface area contributed by atoms with Gasteiger partial charge in [-0.3, -0.25) is 4.79 Å². The van der Waals surface area contributed by atoms with Crippen molar-refractivity contribution in [1.82, 2.24) is 15.8 Å². The van der Waals surface area contributed by atoms with E-state index >= 15 is 0 Å².